The average Bonchev–Trinajstić information content (AvgIpc) is 3.24. The highest BCUT2D eigenvalue weighted by atomic mass is 35.5. The monoisotopic (exact) mass is 473 g/mol. The van der Waals surface area contributed by atoms with E-state index in [-0.39, 0.29) is 11.0 Å². The smallest absolute Gasteiger partial charge is 0.258 e. The first-order valence-electron chi connectivity index (χ1n) is 9.84. The van der Waals surface area contributed by atoms with E-state index in [4.69, 9.17) is 28.8 Å². The van der Waals surface area contributed by atoms with Gasteiger partial charge in [0.1, 0.15) is 5.01 Å². The van der Waals surface area contributed by atoms with Crippen molar-refractivity contribution in [2.75, 3.05) is 5.32 Å². The predicted octanol–water partition coefficient (Wildman–Crippen LogP) is 6.90. The van der Waals surface area contributed by atoms with E-state index >= 15 is 0 Å². The maximum absolute atomic E-state index is 12.9. The number of para-hydroxylation sites is 1. The third-order valence-electron chi connectivity index (χ3n) is 5.02. The molecule has 0 aliphatic rings. The number of halogens is 1. The predicted molar refractivity (Wildman–Crippen MR) is 138 cm³/mol. The zero-order chi connectivity index (χ0) is 22.1. The van der Waals surface area contributed by atoms with Crippen LogP contribution in [0.3, 0.4) is 0 Å². The number of thiazole rings is 1. The number of rotatable bonds is 3. The molecule has 0 bridgehead atoms. The average molecular weight is 474 g/mol. The Hall–Kier alpha value is -3.32. The van der Waals surface area contributed by atoms with Crippen LogP contribution < -0.4 is 10.6 Å². The number of hydrogen-bond acceptors (Lipinski definition) is 4. The molecule has 0 radical (unpaired) electrons. The minimum absolute atomic E-state index is 0.172. The molecule has 0 aliphatic carbocycles. The molecule has 5 aromatic rings. The largest absolute Gasteiger partial charge is 0.331 e. The molecule has 1 heterocycles. The Kier molecular flexibility index (Phi) is 5.57. The number of nitrogens with one attached hydrogen (secondary N) is 2. The summed E-state index contributed by atoms with van der Waals surface area (Å²) in [5.74, 6) is -0.280. The van der Waals surface area contributed by atoms with Crippen molar-refractivity contribution in [3.05, 3.63) is 95.5 Å². The molecule has 5 rings (SSSR count). The summed E-state index contributed by atoms with van der Waals surface area (Å²) >= 11 is 13.4. The van der Waals surface area contributed by atoms with Crippen LogP contribution in [0, 0.1) is 0 Å². The van der Waals surface area contributed by atoms with Gasteiger partial charge >= 0.3 is 0 Å². The van der Waals surface area contributed by atoms with Gasteiger partial charge in [-0.1, -0.05) is 66.2 Å². The number of thiocarbonyl (C=S) groups is 1. The fourth-order valence-electron chi connectivity index (χ4n) is 3.50. The van der Waals surface area contributed by atoms with E-state index in [0.29, 0.717) is 16.3 Å². The second-order valence-corrected chi connectivity index (χ2v) is 8.96. The van der Waals surface area contributed by atoms with Gasteiger partial charge < -0.3 is 5.32 Å². The fourth-order valence-corrected chi connectivity index (χ4v) is 4.83. The zero-order valence-electron chi connectivity index (χ0n) is 16.6. The first kappa shape index (κ1) is 20.6. The number of hydrogen-bond donors (Lipinski definition) is 2. The van der Waals surface area contributed by atoms with E-state index in [1.807, 2.05) is 72.8 Å². The van der Waals surface area contributed by atoms with Crippen molar-refractivity contribution >= 4 is 72.9 Å². The molecule has 0 atom stereocenters. The Balaban J connectivity index is 1.37. The van der Waals surface area contributed by atoms with Crippen LogP contribution in [0.1, 0.15) is 10.4 Å². The number of carbonyl (C=O) groups is 1. The molecule has 0 spiro atoms. The Labute approximate surface area is 198 Å². The minimum atomic E-state index is -0.280. The molecule has 4 nitrogen and oxygen atoms in total. The summed E-state index contributed by atoms with van der Waals surface area (Å²) in [5.41, 5.74) is 3.03. The summed E-state index contributed by atoms with van der Waals surface area (Å²) < 4.78 is 1.12. The van der Waals surface area contributed by atoms with Gasteiger partial charge in [0.2, 0.25) is 0 Å². The molecule has 0 saturated carbocycles. The topological polar surface area (TPSA) is 54.0 Å². The molecule has 156 valence electrons. The normalized spacial score (nSPS) is 10.9. The van der Waals surface area contributed by atoms with E-state index in [9.17, 15) is 4.79 Å². The van der Waals surface area contributed by atoms with E-state index < -0.39 is 0 Å². The highest BCUT2D eigenvalue weighted by Gasteiger charge is 2.13. The lowest BCUT2D eigenvalue weighted by Gasteiger charge is -2.13. The highest BCUT2D eigenvalue weighted by molar-refractivity contribution is 7.80. The minimum Gasteiger partial charge on any atom is -0.331 e. The first-order valence-corrected chi connectivity index (χ1v) is 11.4. The van der Waals surface area contributed by atoms with Crippen molar-refractivity contribution in [2.45, 2.75) is 0 Å². The third-order valence-corrected chi connectivity index (χ3v) is 6.64. The number of anilines is 1. The highest BCUT2D eigenvalue weighted by Crippen LogP contribution is 2.33. The number of benzene rings is 4. The van der Waals surface area contributed by atoms with Gasteiger partial charge in [-0.25, -0.2) is 4.98 Å². The van der Waals surface area contributed by atoms with Gasteiger partial charge in [0.25, 0.3) is 5.91 Å². The van der Waals surface area contributed by atoms with Crippen LogP contribution in [0.4, 0.5) is 5.69 Å². The third kappa shape index (κ3) is 4.08. The molecular formula is C25H16ClN3OS2. The van der Waals surface area contributed by atoms with Crippen LogP contribution in [-0.2, 0) is 0 Å². The van der Waals surface area contributed by atoms with Crippen LogP contribution >= 0.6 is 35.2 Å². The summed E-state index contributed by atoms with van der Waals surface area (Å²) in [7, 11) is 0. The number of aromatic nitrogens is 1. The van der Waals surface area contributed by atoms with E-state index in [2.05, 4.69) is 10.6 Å². The van der Waals surface area contributed by atoms with Crippen LogP contribution in [0.25, 0.3) is 31.6 Å². The summed E-state index contributed by atoms with van der Waals surface area (Å²) in [6.45, 7) is 0. The van der Waals surface area contributed by atoms with Gasteiger partial charge in [0.15, 0.2) is 5.11 Å². The van der Waals surface area contributed by atoms with Crippen molar-refractivity contribution in [3.63, 3.8) is 0 Å². The van der Waals surface area contributed by atoms with Gasteiger partial charge in [-0.2, -0.15) is 0 Å². The van der Waals surface area contributed by atoms with Crippen LogP contribution in [0.2, 0.25) is 5.02 Å². The van der Waals surface area contributed by atoms with Crippen molar-refractivity contribution in [2.24, 2.45) is 0 Å². The molecule has 0 saturated heterocycles. The van der Waals surface area contributed by atoms with Gasteiger partial charge in [-0.3, -0.25) is 10.1 Å². The molecule has 0 aliphatic heterocycles. The molecule has 0 unspecified atom stereocenters. The van der Waals surface area contributed by atoms with Crippen LogP contribution in [0.15, 0.2) is 84.9 Å². The molecule has 4 aromatic carbocycles. The number of fused-ring (bicyclic) bond motifs is 2. The maximum atomic E-state index is 12.9. The molecule has 7 heteroatoms. The Morgan fingerprint density at radius 3 is 2.59 bits per heavy atom. The van der Waals surface area contributed by atoms with Crippen molar-refractivity contribution in [3.8, 4) is 10.6 Å². The van der Waals surface area contributed by atoms with Crippen LogP contribution in [0.5, 0.6) is 0 Å². The van der Waals surface area contributed by atoms with Gasteiger partial charge in [0.05, 0.1) is 20.9 Å². The lowest BCUT2D eigenvalue weighted by molar-refractivity contribution is 0.0979. The quantitative estimate of drug-likeness (QED) is 0.280. The van der Waals surface area contributed by atoms with Crippen molar-refractivity contribution in [1.29, 1.82) is 0 Å². The lowest BCUT2D eigenvalue weighted by atomic mass is 10.0. The molecule has 0 fully saturated rings. The summed E-state index contributed by atoms with van der Waals surface area (Å²) in [6.07, 6.45) is 0. The second-order valence-electron chi connectivity index (χ2n) is 7.12. The number of amides is 1. The Bertz CT molecular complexity index is 1460. The molecule has 1 amide bonds. The van der Waals surface area contributed by atoms with Gasteiger partial charge in [-0.05, 0) is 53.3 Å². The van der Waals surface area contributed by atoms with Gasteiger partial charge in [0, 0.05) is 11.1 Å². The van der Waals surface area contributed by atoms with E-state index in [1.54, 1.807) is 23.5 Å². The summed E-state index contributed by atoms with van der Waals surface area (Å²) in [4.78, 5) is 17.5. The number of nitrogens with zero attached hydrogens (tertiary/aromatic N) is 1. The molecular weight excluding hydrogens is 458 g/mol. The Morgan fingerprint density at radius 1 is 0.938 bits per heavy atom. The number of carbonyl (C=O) groups excluding carboxylic acids is 1. The standard InChI is InChI=1S/C25H16ClN3OS2/c26-19-13-12-16(24-27-20-10-3-4-11-22(20)32-24)14-21(19)28-25(31)29-23(30)18-9-5-7-15-6-1-2-8-17(15)18/h1-14H,(H2,28,29,30,31). The Morgan fingerprint density at radius 2 is 1.72 bits per heavy atom. The summed E-state index contributed by atoms with van der Waals surface area (Å²) in [6, 6.07) is 26.9. The van der Waals surface area contributed by atoms with Gasteiger partial charge in [-0.15, -0.1) is 11.3 Å². The van der Waals surface area contributed by atoms with E-state index in [0.717, 1.165) is 31.6 Å². The zero-order valence-corrected chi connectivity index (χ0v) is 19.0. The van der Waals surface area contributed by atoms with E-state index in [1.165, 1.54) is 0 Å². The second kappa shape index (κ2) is 8.67. The molecule has 1 aromatic heterocycles. The maximum Gasteiger partial charge on any atom is 0.258 e. The van der Waals surface area contributed by atoms with Crippen LogP contribution in [-0.4, -0.2) is 16.0 Å². The molecule has 32 heavy (non-hydrogen) atoms. The molecule has 2 N–H and O–H groups in total. The lowest BCUT2D eigenvalue weighted by Crippen LogP contribution is -2.34. The summed E-state index contributed by atoms with van der Waals surface area (Å²) in [5, 5.41) is 9.22. The van der Waals surface area contributed by atoms with Crippen molar-refractivity contribution < 1.29 is 4.79 Å². The fraction of sp³-hybridized carbons (Fsp3) is 0. The SMILES string of the molecule is O=C(NC(=S)Nc1cc(-c2nc3ccccc3s2)ccc1Cl)c1cccc2ccccc12. The first-order chi connectivity index (χ1) is 15.6. The van der Waals surface area contributed by atoms with Crippen molar-refractivity contribution in [1.82, 2.24) is 10.3 Å².